The molecule has 0 spiro atoms. The van der Waals surface area contributed by atoms with E-state index in [1.165, 1.54) is 7.11 Å². The van der Waals surface area contributed by atoms with Crippen LogP contribution in [0.4, 0.5) is 0 Å². The van der Waals surface area contributed by atoms with Gasteiger partial charge in [-0.3, -0.25) is 4.90 Å². The second-order valence-electron chi connectivity index (χ2n) is 6.10. The van der Waals surface area contributed by atoms with Crippen molar-refractivity contribution in [2.45, 2.75) is 38.3 Å². The summed E-state index contributed by atoms with van der Waals surface area (Å²) in [6, 6.07) is 0.233. The van der Waals surface area contributed by atoms with E-state index in [1.54, 1.807) is 10.9 Å². The average Bonchev–Trinajstić information content (AvgIpc) is 2.85. The van der Waals surface area contributed by atoms with Gasteiger partial charge in [0.25, 0.3) is 0 Å². The summed E-state index contributed by atoms with van der Waals surface area (Å²) in [5.41, 5.74) is 6.12. The molecule has 2 rings (SSSR count). The molecule has 0 amide bonds. The van der Waals surface area contributed by atoms with E-state index < -0.39 is 5.97 Å². The maximum absolute atomic E-state index is 11.4. The van der Waals surface area contributed by atoms with Crippen molar-refractivity contribution in [2.75, 3.05) is 26.7 Å². The number of nitrogens with two attached hydrogens (primary N) is 1. The molecule has 1 aliphatic rings. The van der Waals surface area contributed by atoms with E-state index in [9.17, 15) is 4.79 Å². The number of carbonyl (C=O) groups is 1. The molecular formula is C13H24ClN5O2. The topological polar surface area (TPSA) is 86.3 Å². The lowest BCUT2D eigenvalue weighted by Gasteiger charge is -2.36. The van der Waals surface area contributed by atoms with Crippen molar-refractivity contribution in [3.05, 3.63) is 11.9 Å². The van der Waals surface area contributed by atoms with E-state index in [4.69, 9.17) is 5.73 Å². The monoisotopic (exact) mass is 317 g/mol. The van der Waals surface area contributed by atoms with Crippen LogP contribution in [0.25, 0.3) is 0 Å². The molecule has 7 nitrogen and oxygen atoms in total. The Balaban J connectivity index is 0.00000220. The van der Waals surface area contributed by atoms with Gasteiger partial charge in [-0.25, -0.2) is 9.48 Å². The fraction of sp³-hybridized carbons (Fsp3) is 0.769. The van der Waals surface area contributed by atoms with Gasteiger partial charge in [-0.05, 0) is 33.2 Å². The van der Waals surface area contributed by atoms with Crippen LogP contribution >= 0.6 is 12.4 Å². The minimum atomic E-state index is -0.452. The number of likely N-dealkylation sites (tertiary alicyclic amines) is 1. The average molecular weight is 318 g/mol. The molecule has 1 aliphatic heterocycles. The van der Waals surface area contributed by atoms with Gasteiger partial charge in [0.15, 0.2) is 5.69 Å². The first kappa shape index (κ1) is 17.9. The van der Waals surface area contributed by atoms with E-state index in [2.05, 4.69) is 19.9 Å². The molecule has 8 heteroatoms. The first-order chi connectivity index (χ1) is 9.39. The Hall–Kier alpha value is -1.18. The molecule has 0 aromatic carbocycles. The van der Waals surface area contributed by atoms with Gasteiger partial charge < -0.3 is 10.5 Å². The van der Waals surface area contributed by atoms with Crippen molar-refractivity contribution in [2.24, 2.45) is 5.73 Å². The Bertz CT molecular complexity index is 471. The zero-order valence-electron chi connectivity index (χ0n) is 12.8. The Morgan fingerprint density at radius 2 is 2.29 bits per heavy atom. The molecule has 0 radical (unpaired) electrons. The highest BCUT2D eigenvalue weighted by Crippen LogP contribution is 2.21. The lowest BCUT2D eigenvalue weighted by atomic mass is 10.0. The summed E-state index contributed by atoms with van der Waals surface area (Å²) < 4.78 is 6.41. The number of nitrogens with zero attached hydrogens (tertiary/aromatic N) is 4. The third kappa shape index (κ3) is 4.94. The van der Waals surface area contributed by atoms with E-state index in [-0.39, 0.29) is 29.7 Å². The molecule has 1 fully saturated rings. The zero-order valence-corrected chi connectivity index (χ0v) is 13.6. The van der Waals surface area contributed by atoms with Crippen LogP contribution in [0.2, 0.25) is 0 Å². The number of halogens is 1. The van der Waals surface area contributed by atoms with Gasteiger partial charge in [-0.1, -0.05) is 5.21 Å². The minimum absolute atomic E-state index is 0. The first-order valence-electron chi connectivity index (χ1n) is 6.90. The lowest BCUT2D eigenvalue weighted by molar-refractivity contribution is 0.0594. The van der Waals surface area contributed by atoms with E-state index in [0.29, 0.717) is 0 Å². The third-order valence-corrected chi connectivity index (χ3v) is 3.39. The minimum Gasteiger partial charge on any atom is -0.464 e. The second-order valence-corrected chi connectivity index (χ2v) is 6.10. The summed E-state index contributed by atoms with van der Waals surface area (Å²) in [6.07, 6.45) is 3.78. The quantitative estimate of drug-likeness (QED) is 0.829. The molecule has 2 heterocycles. The maximum Gasteiger partial charge on any atom is 0.360 e. The highest BCUT2D eigenvalue weighted by Gasteiger charge is 2.26. The molecule has 0 bridgehead atoms. The van der Waals surface area contributed by atoms with Crippen LogP contribution in [0, 0.1) is 0 Å². The normalized spacial score (nSPS) is 19.9. The molecule has 1 aromatic rings. The Morgan fingerprint density at radius 3 is 2.90 bits per heavy atom. The SMILES string of the molecule is COC(=O)c1cn(C2CCCN(CC(C)(C)N)C2)nn1.Cl. The Morgan fingerprint density at radius 1 is 1.57 bits per heavy atom. The van der Waals surface area contributed by atoms with Crippen molar-refractivity contribution in [1.29, 1.82) is 0 Å². The standard InChI is InChI=1S/C13H23N5O2.ClH/c1-13(2,14)9-17-6-4-5-10(7-17)18-8-11(15-16-18)12(19)20-3;/h8,10H,4-7,9,14H2,1-3H3;1H. The zero-order chi connectivity index (χ0) is 14.8. The van der Waals surface area contributed by atoms with Crippen LogP contribution in [-0.4, -0.2) is 58.1 Å². The highest BCUT2D eigenvalue weighted by atomic mass is 35.5. The molecule has 21 heavy (non-hydrogen) atoms. The molecule has 120 valence electrons. The number of aromatic nitrogens is 3. The fourth-order valence-corrected chi connectivity index (χ4v) is 2.62. The van der Waals surface area contributed by atoms with Crippen LogP contribution < -0.4 is 5.73 Å². The van der Waals surface area contributed by atoms with Gasteiger partial charge in [0.2, 0.25) is 0 Å². The van der Waals surface area contributed by atoms with Crippen molar-refractivity contribution >= 4 is 18.4 Å². The highest BCUT2D eigenvalue weighted by molar-refractivity contribution is 5.86. The molecule has 0 aliphatic carbocycles. The largest absolute Gasteiger partial charge is 0.464 e. The lowest BCUT2D eigenvalue weighted by Crippen LogP contribution is -2.48. The Kier molecular flexibility index (Phi) is 6.12. The van der Waals surface area contributed by atoms with E-state index in [0.717, 1.165) is 32.5 Å². The van der Waals surface area contributed by atoms with E-state index in [1.807, 2.05) is 13.8 Å². The van der Waals surface area contributed by atoms with Gasteiger partial charge in [-0.2, -0.15) is 0 Å². The van der Waals surface area contributed by atoms with Gasteiger partial charge in [-0.15, -0.1) is 17.5 Å². The summed E-state index contributed by atoms with van der Waals surface area (Å²) in [4.78, 5) is 13.7. The summed E-state index contributed by atoms with van der Waals surface area (Å²) in [7, 11) is 1.34. The number of hydrogen-bond donors (Lipinski definition) is 1. The molecule has 1 unspecified atom stereocenters. The number of ether oxygens (including phenoxy) is 1. The van der Waals surface area contributed by atoms with Gasteiger partial charge in [0, 0.05) is 18.6 Å². The van der Waals surface area contributed by atoms with Crippen LogP contribution in [0.3, 0.4) is 0 Å². The smallest absolute Gasteiger partial charge is 0.360 e. The molecule has 1 aromatic heterocycles. The van der Waals surface area contributed by atoms with Crippen LogP contribution in [0.15, 0.2) is 6.20 Å². The summed E-state index contributed by atoms with van der Waals surface area (Å²) in [5, 5.41) is 7.90. The number of esters is 1. The number of piperidine rings is 1. The number of hydrogen-bond acceptors (Lipinski definition) is 6. The summed E-state index contributed by atoms with van der Waals surface area (Å²) in [6.45, 7) is 6.84. The van der Waals surface area contributed by atoms with Crippen molar-refractivity contribution in [3.8, 4) is 0 Å². The molecule has 1 saturated heterocycles. The van der Waals surface area contributed by atoms with Gasteiger partial charge >= 0.3 is 5.97 Å². The van der Waals surface area contributed by atoms with Crippen LogP contribution in [0.1, 0.15) is 43.2 Å². The van der Waals surface area contributed by atoms with Crippen molar-refractivity contribution in [1.82, 2.24) is 19.9 Å². The first-order valence-corrected chi connectivity index (χ1v) is 6.90. The van der Waals surface area contributed by atoms with Crippen molar-refractivity contribution < 1.29 is 9.53 Å². The molecule has 1 atom stereocenters. The van der Waals surface area contributed by atoms with Gasteiger partial charge in [0.05, 0.1) is 19.3 Å². The second kappa shape index (κ2) is 7.20. The number of methoxy groups -OCH3 is 1. The predicted molar refractivity (Wildman–Crippen MR) is 81.6 cm³/mol. The fourth-order valence-electron chi connectivity index (χ4n) is 2.62. The van der Waals surface area contributed by atoms with Crippen LogP contribution in [0.5, 0.6) is 0 Å². The third-order valence-electron chi connectivity index (χ3n) is 3.39. The Labute approximate surface area is 131 Å². The molecular weight excluding hydrogens is 294 g/mol. The molecule has 0 saturated carbocycles. The number of carbonyl (C=O) groups excluding carboxylic acids is 1. The van der Waals surface area contributed by atoms with Crippen molar-refractivity contribution in [3.63, 3.8) is 0 Å². The van der Waals surface area contributed by atoms with Crippen LogP contribution in [-0.2, 0) is 4.74 Å². The number of rotatable bonds is 4. The maximum atomic E-state index is 11.4. The molecule has 2 N–H and O–H groups in total. The summed E-state index contributed by atoms with van der Waals surface area (Å²) in [5.74, 6) is -0.452. The predicted octanol–water partition coefficient (Wildman–Crippen LogP) is 0.861. The summed E-state index contributed by atoms with van der Waals surface area (Å²) >= 11 is 0. The van der Waals surface area contributed by atoms with E-state index >= 15 is 0 Å². The van der Waals surface area contributed by atoms with Gasteiger partial charge in [0.1, 0.15) is 0 Å².